The Kier molecular flexibility index (Phi) is 10.1. The van der Waals surface area contributed by atoms with E-state index in [0.717, 1.165) is 53.9 Å². The average molecular weight is 491 g/mol. The van der Waals surface area contributed by atoms with E-state index in [1.54, 1.807) is 18.4 Å². The van der Waals surface area contributed by atoms with Crippen LogP contribution in [-0.2, 0) is 13.0 Å². The van der Waals surface area contributed by atoms with Crippen molar-refractivity contribution in [1.82, 2.24) is 20.8 Å². The van der Waals surface area contributed by atoms with E-state index in [4.69, 9.17) is 4.52 Å². The summed E-state index contributed by atoms with van der Waals surface area (Å²) in [7, 11) is 1.77. The number of thiazole rings is 1. The van der Waals surface area contributed by atoms with Crippen LogP contribution in [0.1, 0.15) is 59.6 Å². The van der Waals surface area contributed by atoms with E-state index in [-0.39, 0.29) is 24.0 Å². The third-order valence-corrected chi connectivity index (χ3v) is 5.47. The van der Waals surface area contributed by atoms with E-state index in [1.165, 1.54) is 4.88 Å². The van der Waals surface area contributed by atoms with Crippen LogP contribution in [0.3, 0.4) is 0 Å². The van der Waals surface area contributed by atoms with Crippen LogP contribution >= 0.6 is 35.3 Å². The number of aromatic nitrogens is 2. The molecule has 0 amide bonds. The summed E-state index contributed by atoms with van der Waals surface area (Å²) >= 11 is 1.76. The van der Waals surface area contributed by atoms with Gasteiger partial charge in [-0.15, -0.1) is 35.3 Å². The van der Waals surface area contributed by atoms with Gasteiger partial charge in [-0.05, 0) is 26.7 Å². The van der Waals surface area contributed by atoms with Crippen molar-refractivity contribution in [3.63, 3.8) is 0 Å². The minimum atomic E-state index is 0. The van der Waals surface area contributed by atoms with Crippen LogP contribution in [0.5, 0.6) is 0 Å². The van der Waals surface area contributed by atoms with E-state index >= 15 is 0 Å². The molecule has 0 bridgehead atoms. The van der Waals surface area contributed by atoms with Crippen LogP contribution in [0.15, 0.2) is 15.6 Å². The molecule has 2 aromatic heterocycles. The maximum atomic E-state index is 5.43. The maximum absolute atomic E-state index is 5.43. The summed E-state index contributed by atoms with van der Waals surface area (Å²) in [6.45, 7) is 9.88. The average Bonchev–Trinajstić information content (AvgIpc) is 3.19. The Bertz CT molecular complexity index is 674. The van der Waals surface area contributed by atoms with Crippen LogP contribution in [0, 0.1) is 13.8 Å². The summed E-state index contributed by atoms with van der Waals surface area (Å²) in [5, 5.41) is 11.9. The van der Waals surface area contributed by atoms with Gasteiger partial charge in [0.1, 0.15) is 0 Å². The molecule has 2 heterocycles. The normalized spacial score (nSPS) is 11.5. The Morgan fingerprint density at radius 1 is 1.27 bits per heavy atom. The molecule has 0 aliphatic carbocycles. The summed E-state index contributed by atoms with van der Waals surface area (Å²) in [5.74, 6) is 2.06. The molecule has 0 atom stereocenters. The van der Waals surface area contributed by atoms with Gasteiger partial charge in [0, 0.05) is 36.9 Å². The number of rotatable bonds is 8. The van der Waals surface area contributed by atoms with Gasteiger partial charge < -0.3 is 15.2 Å². The van der Waals surface area contributed by atoms with Crippen molar-refractivity contribution < 1.29 is 4.52 Å². The zero-order valence-electron chi connectivity index (χ0n) is 16.3. The minimum Gasteiger partial charge on any atom is -0.359 e. The largest absolute Gasteiger partial charge is 0.359 e. The van der Waals surface area contributed by atoms with E-state index in [1.807, 2.05) is 6.07 Å². The fourth-order valence-corrected chi connectivity index (χ4v) is 3.57. The topological polar surface area (TPSA) is 75.3 Å². The lowest BCUT2D eigenvalue weighted by atomic mass is 9.99. The first-order valence-electron chi connectivity index (χ1n) is 8.90. The molecule has 8 heteroatoms. The molecule has 0 fully saturated rings. The SMILES string of the molecule is CCC(CC)c1cc(CNC(=NC)NCCc2nc(C)c(C)s2)on1.I. The van der Waals surface area contributed by atoms with Crippen molar-refractivity contribution in [2.24, 2.45) is 4.99 Å². The van der Waals surface area contributed by atoms with Gasteiger partial charge in [-0.25, -0.2) is 4.98 Å². The third-order valence-electron chi connectivity index (χ3n) is 4.34. The number of guanidine groups is 1. The van der Waals surface area contributed by atoms with E-state index in [2.05, 4.69) is 53.5 Å². The van der Waals surface area contributed by atoms with Gasteiger partial charge in [0.05, 0.1) is 22.9 Å². The van der Waals surface area contributed by atoms with Crippen LogP contribution in [-0.4, -0.2) is 29.7 Å². The molecule has 26 heavy (non-hydrogen) atoms. The van der Waals surface area contributed by atoms with Crippen molar-refractivity contribution in [2.45, 2.75) is 59.4 Å². The first kappa shape index (κ1) is 22.9. The summed E-state index contributed by atoms with van der Waals surface area (Å²) in [6, 6.07) is 2.04. The highest BCUT2D eigenvalue weighted by Crippen LogP contribution is 2.22. The van der Waals surface area contributed by atoms with E-state index < -0.39 is 0 Å². The third kappa shape index (κ3) is 6.53. The zero-order chi connectivity index (χ0) is 18.2. The smallest absolute Gasteiger partial charge is 0.191 e. The molecule has 0 spiro atoms. The first-order chi connectivity index (χ1) is 12.1. The Morgan fingerprint density at radius 2 is 2.00 bits per heavy atom. The Labute approximate surface area is 177 Å². The molecular weight excluding hydrogens is 461 g/mol. The number of hydrogen-bond acceptors (Lipinski definition) is 5. The van der Waals surface area contributed by atoms with Crippen molar-refractivity contribution in [3.8, 4) is 0 Å². The van der Waals surface area contributed by atoms with Gasteiger partial charge in [0.25, 0.3) is 0 Å². The highest BCUT2D eigenvalue weighted by atomic mass is 127. The standard InChI is InChI=1S/C18H29N5OS.HI/c1-6-14(7-2)16-10-15(24-23-16)11-21-18(19-5)20-9-8-17-22-12(3)13(4)25-17;/h10,14H,6-9,11H2,1-5H3,(H2,19,20,21);1H. The molecule has 6 nitrogen and oxygen atoms in total. The molecule has 2 aromatic rings. The molecule has 2 N–H and O–H groups in total. The van der Waals surface area contributed by atoms with Gasteiger partial charge in [0.2, 0.25) is 0 Å². The molecule has 0 radical (unpaired) electrons. The first-order valence-corrected chi connectivity index (χ1v) is 9.71. The molecule has 0 aliphatic rings. The molecule has 0 aliphatic heterocycles. The monoisotopic (exact) mass is 491 g/mol. The van der Waals surface area contributed by atoms with Crippen LogP contribution in [0.25, 0.3) is 0 Å². The fraction of sp³-hybridized carbons (Fsp3) is 0.611. The summed E-state index contributed by atoms with van der Waals surface area (Å²) in [5.41, 5.74) is 2.17. The van der Waals surface area contributed by atoms with Gasteiger partial charge >= 0.3 is 0 Å². The lowest BCUT2D eigenvalue weighted by Gasteiger charge is -2.09. The van der Waals surface area contributed by atoms with E-state index in [9.17, 15) is 0 Å². The Morgan fingerprint density at radius 3 is 2.58 bits per heavy atom. The predicted molar refractivity (Wildman–Crippen MR) is 119 cm³/mol. The second-order valence-electron chi connectivity index (χ2n) is 6.08. The Hall–Kier alpha value is -1.16. The number of halogens is 1. The second-order valence-corrected chi connectivity index (χ2v) is 7.37. The van der Waals surface area contributed by atoms with E-state index in [0.29, 0.717) is 12.5 Å². The molecular formula is C18H30IN5OS. The number of aliphatic imine (C=N–C) groups is 1. The summed E-state index contributed by atoms with van der Waals surface area (Å²) in [4.78, 5) is 10.1. The zero-order valence-corrected chi connectivity index (χ0v) is 19.4. The lowest BCUT2D eigenvalue weighted by Crippen LogP contribution is -2.37. The van der Waals surface area contributed by atoms with Crippen LogP contribution in [0.2, 0.25) is 0 Å². The minimum absolute atomic E-state index is 0. The van der Waals surface area contributed by atoms with Crippen molar-refractivity contribution >= 4 is 41.3 Å². The molecule has 0 saturated heterocycles. The summed E-state index contributed by atoms with van der Waals surface area (Å²) in [6.07, 6.45) is 3.05. The van der Waals surface area contributed by atoms with Crippen LogP contribution < -0.4 is 10.6 Å². The van der Waals surface area contributed by atoms with Crippen molar-refractivity contribution in [2.75, 3.05) is 13.6 Å². The highest BCUT2D eigenvalue weighted by molar-refractivity contribution is 14.0. The molecule has 2 rings (SSSR count). The molecule has 0 saturated carbocycles. The number of aryl methyl sites for hydroxylation is 2. The Balaban J connectivity index is 0.00000338. The lowest BCUT2D eigenvalue weighted by molar-refractivity contribution is 0.368. The predicted octanol–water partition coefficient (Wildman–Crippen LogP) is 4.18. The second kappa shape index (κ2) is 11.5. The quantitative estimate of drug-likeness (QED) is 0.329. The number of nitrogens with one attached hydrogen (secondary N) is 2. The van der Waals surface area contributed by atoms with Gasteiger partial charge in [-0.2, -0.15) is 0 Å². The maximum Gasteiger partial charge on any atom is 0.191 e. The highest BCUT2D eigenvalue weighted by Gasteiger charge is 2.13. The van der Waals surface area contributed by atoms with Gasteiger partial charge in [-0.3, -0.25) is 4.99 Å². The van der Waals surface area contributed by atoms with Crippen molar-refractivity contribution in [1.29, 1.82) is 0 Å². The van der Waals surface area contributed by atoms with Gasteiger partial charge in [0.15, 0.2) is 11.7 Å². The molecule has 146 valence electrons. The number of hydrogen-bond donors (Lipinski definition) is 2. The molecule has 0 unspecified atom stereocenters. The molecule has 0 aromatic carbocycles. The van der Waals surface area contributed by atoms with Crippen molar-refractivity contribution in [3.05, 3.63) is 33.1 Å². The van der Waals surface area contributed by atoms with Gasteiger partial charge in [-0.1, -0.05) is 19.0 Å². The summed E-state index contributed by atoms with van der Waals surface area (Å²) < 4.78 is 5.43. The van der Waals surface area contributed by atoms with Crippen LogP contribution in [0.4, 0.5) is 0 Å². The number of nitrogens with zero attached hydrogens (tertiary/aromatic N) is 3. The fourth-order valence-electron chi connectivity index (χ4n) is 2.64.